The second-order valence-corrected chi connectivity index (χ2v) is 9.61. The Morgan fingerprint density at radius 3 is 2.29 bits per heavy atom. The molecule has 4 rings (SSSR count). The smallest absolute Gasteiger partial charge is 0.407 e. The number of hydrogen-bond donors (Lipinski definition) is 3. The standard InChI is InChI=1S/C26H30N2O6/c1-26(2,13-22(29)28-21-11-12-33-23(21)24(30)31)15-27-25(32)34-14-20-18-9-5-3-7-16(18)17-8-4-6-10-19(17)20/h3-10,20-21,23H,11-15H2,1-2H3,(H,27,32)(H,28,29)(H,30,31)/t21-,23+/m1/s1. The van der Waals surface area contributed by atoms with Gasteiger partial charge in [0.2, 0.25) is 5.91 Å². The van der Waals surface area contributed by atoms with Gasteiger partial charge in [0.05, 0.1) is 6.04 Å². The zero-order valence-electron chi connectivity index (χ0n) is 19.4. The number of carboxylic acid groups (broad SMARTS) is 1. The van der Waals surface area contributed by atoms with E-state index in [1.807, 2.05) is 38.1 Å². The van der Waals surface area contributed by atoms with Gasteiger partial charge in [0.25, 0.3) is 0 Å². The van der Waals surface area contributed by atoms with Crippen LogP contribution in [-0.4, -0.2) is 55.0 Å². The number of carbonyl (C=O) groups is 3. The SMILES string of the molecule is CC(C)(CNC(=O)OCC1c2ccccc2-c2ccccc21)CC(=O)N[C@@H]1CCO[C@@H]1C(=O)O. The Kier molecular flexibility index (Phi) is 6.88. The van der Waals surface area contributed by atoms with Gasteiger partial charge < -0.3 is 25.2 Å². The number of aliphatic carboxylic acids is 1. The molecule has 0 saturated carbocycles. The molecule has 2 aliphatic rings. The Balaban J connectivity index is 1.27. The van der Waals surface area contributed by atoms with Gasteiger partial charge in [-0.2, -0.15) is 0 Å². The van der Waals surface area contributed by atoms with Crippen LogP contribution in [0.2, 0.25) is 0 Å². The number of nitrogens with one attached hydrogen (secondary N) is 2. The lowest BCUT2D eigenvalue weighted by atomic mass is 9.88. The van der Waals surface area contributed by atoms with Gasteiger partial charge in [-0.3, -0.25) is 4.79 Å². The number of fused-ring (bicyclic) bond motifs is 3. The highest BCUT2D eigenvalue weighted by atomic mass is 16.5. The highest BCUT2D eigenvalue weighted by molar-refractivity contribution is 5.80. The van der Waals surface area contributed by atoms with Crippen LogP contribution in [0.15, 0.2) is 48.5 Å². The van der Waals surface area contributed by atoms with Gasteiger partial charge in [-0.05, 0) is 34.1 Å². The minimum absolute atomic E-state index is 0.0206. The third kappa shape index (κ3) is 5.22. The predicted molar refractivity (Wildman–Crippen MR) is 125 cm³/mol. The summed E-state index contributed by atoms with van der Waals surface area (Å²) in [4.78, 5) is 36.1. The Bertz CT molecular complexity index is 1040. The summed E-state index contributed by atoms with van der Waals surface area (Å²) in [7, 11) is 0. The highest BCUT2D eigenvalue weighted by Gasteiger charge is 2.36. The maximum Gasteiger partial charge on any atom is 0.407 e. The van der Waals surface area contributed by atoms with Crippen LogP contribution in [0.25, 0.3) is 11.1 Å². The molecule has 2 atom stereocenters. The van der Waals surface area contributed by atoms with E-state index in [9.17, 15) is 19.5 Å². The number of alkyl carbamates (subject to hydrolysis) is 1. The van der Waals surface area contributed by atoms with Gasteiger partial charge in [0.15, 0.2) is 6.10 Å². The molecule has 1 saturated heterocycles. The van der Waals surface area contributed by atoms with E-state index in [1.165, 1.54) is 0 Å². The van der Waals surface area contributed by atoms with E-state index in [-0.39, 0.29) is 31.4 Å². The van der Waals surface area contributed by atoms with E-state index in [0.717, 1.165) is 22.3 Å². The Labute approximate surface area is 198 Å². The van der Waals surface area contributed by atoms with Crippen molar-refractivity contribution in [1.29, 1.82) is 0 Å². The molecule has 8 nitrogen and oxygen atoms in total. The minimum Gasteiger partial charge on any atom is -0.479 e. The molecule has 1 fully saturated rings. The molecule has 0 radical (unpaired) electrons. The summed E-state index contributed by atoms with van der Waals surface area (Å²) in [5.74, 6) is -1.38. The van der Waals surface area contributed by atoms with E-state index in [0.29, 0.717) is 13.0 Å². The van der Waals surface area contributed by atoms with Crippen LogP contribution >= 0.6 is 0 Å². The van der Waals surface area contributed by atoms with Crippen molar-refractivity contribution >= 4 is 18.0 Å². The third-order valence-corrected chi connectivity index (χ3v) is 6.38. The van der Waals surface area contributed by atoms with E-state index >= 15 is 0 Å². The lowest BCUT2D eigenvalue weighted by Crippen LogP contribution is -2.46. The van der Waals surface area contributed by atoms with Crippen LogP contribution in [0.1, 0.15) is 43.7 Å². The fourth-order valence-electron chi connectivity index (χ4n) is 4.70. The van der Waals surface area contributed by atoms with Gasteiger partial charge in [0, 0.05) is 25.5 Å². The second kappa shape index (κ2) is 9.85. The number of hydrogen-bond acceptors (Lipinski definition) is 5. The van der Waals surface area contributed by atoms with E-state index in [2.05, 4.69) is 34.9 Å². The molecule has 3 N–H and O–H groups in total. The van der Waals surface area contributed by atoms with Gasteiger partial charge in [0.1, 0.15) is 6.61 Å². The van der Waals surface area contributed by atoms with Crippen molar-refractivity contribution in [1.82, 2.24) is 10.6 Å². The maximum atomic E-state index is 12.5. The lowest BCUT2D eigenvalue weighted by molar-refractivity contribution is -0.148. The molecule has 0 spiro atoms. The van der Waals surface area contributed by atoms with Crippen molar-refractivity contribution in [3.05, 3.63) is 59.7 Å². The zero-order chi connectivity index (χ0) is 24.3. The van der Waals surface area contributed by atoms with Crippen molar-refractivity contribution in [2.75, 3.05) is 19.8 Å². The van der Waals surface area contributed by atoms with Gasteiger partial charge in [-0.15, -0.1) is 0 Å². The van der Waals surface area contributed by atoms with Crippen molar-refractivity contribution in [3.8, 4) is 11.1 Å². The summed E-state index contributed by atoms with van der Waals surface area (Å²) in [6, 6.07) is 15.7. The van der Waals surface area contributed by atoms with E-state index in [1.54, 1.807) is 0 Å². The fourth-order valence-corrected chi connectivity index (χ4v) is 4.70. The lowest BCUT2D eigenvalue weighted by Gasteiger charge is -2.26. The first-order chi connectivity index (χ1) is 16.2. The fraction of sp³-hybridized carbons (Fsp3) is 0.423. The minimum atomic E-state index is -1.08. The molecule has 2 aromatic rings. The van der Waals surface area contributed by atoms with Crippen molar-refractivity contribution in [3.63, 3.8) is 0 Å². The average Bonchev–Trinajstić information content (AvgIpc) is 3.38. The number of carbonyl (C=O) groups excluding carboxylic acids is 2. The number of ether oxygens (including phenoxy) is 2. The normalized spacial score (nSPS) is 19.2. The average molecular weight is 467 g/mol. The highest BCUT2D eigenvalue weighted by Crippen LogP contribution is 2.44. The van der Waals surface area contributed by atoms with Gasteiger partial charge >= 0.3 is 12.1 Å². The summed E-state index contributed by atoms with van der Waals surface area (Å²) in [5.41, 5.74) is 4.07. The van der Waals surface area contributed by atoms with Crippen LogP contribution in [0, 0.1) is 5.41 Å². The van der Waals surface area contributed by atoms with Crippen LogP contribution < -0.4 is 10.6 Å². The molecular formula is C26H30N2O6. The quantitative estimate of drug-likeness (QED) is 0.550. The Hall–Kier alpha value is -3.39. The summed E-state index contributed by atoms with van der Waals surface area (Å²) >= 11 is 0. The van der Waals surface area contributed by atoms with Crippen LogP contribution in [-0.2, 0) is 19.1 Å². The molecule has 34 heavy (non-hydrogen) atoms. The van der Waals surface area contributed by atoms with Crippen LogP contribution in [0.3, 0.4) is 0 Å². The Morgan fingerprint density at radius 1 is 1.06 bits per heavy atom. The molecule has 2 aromatic carbocycles. The monoisotopic (exact) mass is 466 g/mol. The summed E-state index contributed by atoms with van der Waals surface area (Å²) < 4.78 is 10.7. The largest absolute Gasteiger partial charge is 0.479 e. The van der Waals surface area contributed by atoms with Crippen LogP contribution in [0.4, 0.5) is 4.79 Å². The molecule has 180 valence electrons. The van der Waals surface area contributed by atoms with Crippen molar-refractivity contribution in [2.24, 2.45) is 5.41 Å². The topological polar surface area (TPSA) is 114 Å². The second-order valence-electron chi connectivity index (χ2n) is 9.61. The first-order valence-electron chi connectivity index (χ1n) is 11.5. The molecule has 1 aliphatic carbocycles. The zero-order valence-corrected chi connectivity index (χ0v) is 19.4. The number of rotatable bonds is 8. The molecule has 2 amide bonds. The molecule has 1 aliphatic heterocycles. The van der Waals surface area contributed by atoms with Gasteiger partial charge in [-0.25, -0.2) is 9.59 Å². The predicted octanol–water partition coefficient (Wildman–Crippen LogP) is 3.30. The van der Waals surface area contributed by atoms with Crippen molar-refractivity contribution < 1.29 is 29.0 Å². The molecule has 0 unspecified atom stereocenters. The van der Waals surface area contributed by atoms with Crippen molar-refractivity contribution in [2.45, 2.75) is 44.8 Å². The third-order valence-electron chi connectivity index (χ3n) is 6.38. The first-order valence-corrected chi connectivity index (χ1v) is 11.5. The van der Waals surface area contributed by atoms with E-state index < -0.39 is 29.6 Å². The number of amides is 2. The molecular weight excluding hydrogens is 436 g/mol. The summed E-state index contributed by atoms with van der Waals surface area (Å²) in [6.45, 7) is 4.47. The number of carboxylic acids is 1. The summed E-state index contributed by atoms with van der Waals surface area (Å²) in [5, 5.41) is 14.7. The molecule has 1 heterocycles. The molecule has 0 aromatic heterocycles. The maximum absolute atomic E-state index is 12.5. The first kappa shape index (κ1) is 23.8. The van der Waals surface area contributed by atoms with Gasteiger partial charge in [-0.1, -0.05) is 62.4 Å². The molecule has 8 heteroatoms. The summed E-state index contributed by atoms with van der Waals surface area (Å²) in [6.07, 6.45) is -0.975. The molecule has 0 bridgehead atoms. The van der Waals surface area contributed by atoms with Crippen LogP contribution in [0.5, 0.6) is 0 Å². The Morgan fingerprint density at radius 2 is 1.68 bits per heavy atom. The number of benzene rings is 2. The van der Waals surface area contributed by atoms with E-state index in [4.69, 9.17) is 9.47 Å².